The van der Waals surface area contributed by atoms with Gasteiger partial charge in [0.2, 0.25) is 0 Å². The van der Waals surface area contributed by atoms with Crippen LogP contribution in [0.4, 0.5) is 0 Å². The summed E-state index contributed by atoms with van der Waals surface area (Å²) < 4.78 is 0. The lowest BCUT2D eigenvalue weighted by molar-refractivity contribution is 0.389. The first kappa shape index (κ1) is 10.6. The van der Waals surface area contributed by atoms with Crippen molar-refractivity contribution in [2.45, 2.75) is 38.6 Å². The number of aromatic nitrogens is 1. The molecule has 0 bridgehead atoms. The largest absolute Gasteiger partial charge is 0.313 e. The SMILES string of the molecule is CNC(c1ccncc1C)C1CCCC1. The number of hydrogen-bond acceptors (Lipinski definition) is 2. The van der Waals surface area contributed by atoms with Crippen LogP contribution in [0, 0.1) is 12.8 Å². The molecule has 0 saturated heterocycles. The van der Waals surface area contributed by atoms with Gasteiger partial charge in [-0.05, 0) is 49.9 Å². The van der Waals surface area contributed by atoms with Crippen molar-refractivity contribution in [3.8, 4) is 0 Å². The van der Waals surface area contributed by atoms with Crippen LogP contribution in [0.15, 0.2) is 18.5 Å². The van der Waals surface area contributed by atoms with Crippen LogP contribution in [-0.2, 0) is 0 Å². The molecular weight excluding hydrogens is 184 g/mol. The highest BCUT2D eigenvalue weighted by Crippen LogP contribution is 2.36. The minimum atomic E-state index is 0.524. The van der Waals surface area contributed by atoms with Crippen molar-refractivity contribution in [1.82, 2.24) is 10.3 Å². The van der Waals surface area contributed by atoms with E-state index in [-0.39, 0.29) is 0 Å². The number of nitrogens with one attached hydrogen (secondary N) is 1. The highest BCUT2D eigenvalue weighted by Gasteiger charge is 2.25. The summed E-state index contributed by atoms with van der Waals surface area (Å²) in [5.74, 6) is 0.816. The summed E-state index contributed by atoms with van der Waals surface area (Å²) in [6.07, 6.45) is 9.40. The first-order valence-electron chi connectivity index (χ1n) is 5.90. The molecule has 2 rings (SSSR count). The Morgan fingerprint density at radius 3 is 2.73 bits per heavy atom. The Kier molecular flexibility index (Phi) is 3.37. The van der Waals surface area contributed by atoms with E-state index in [0.717, 1.165) is 5.92 Å². The van der Waals surface area contributed by atoms with Gasteiger partial charge in [-0.3, -0.25) is 4.98 Å². The van der Waals surface area contributed by atoms with Crippen molar-refractivity contribution in [1.29, 1.82) is 0 Å². The quantitative estimate of drug-likeness (QED) is 0.819. The molecule has 1 heterocycles. The van der Waals surface area contributed by atoms with Gasteiger partial charge >= 0.3 is 0 Å². The average molecular weight is 204 g/mol. The van der Waals surface area contributed by atoms with Gasteiger partial charge in [-0.1, -0.05) is 12.8 Å². The summed E-state index contributed by atoms with van der Waals surface area (Å²) in [6, 6.07) is 2.69. The number of nitrogens with zero attached hydrogens (tertiary/aromatic N) is 1. The molecule has 1 aromatic rings. The maximum atomic E-state index is 4.16. The van der Waals surface area contributed by atoms with E-state index in [1.807, 2.05) is 12.4 Å². The van der Waals surface area contributed by atoms with Gasteiger partial charge in [0.25, 0.3) is 0 Å². The molecule has 0 amide bonds. The van der Waals surface area contributed by atoms with Gasteiger partial charge in [-0.15, -0.1) is 0 Å². The van der Waals surface area contributed by atoms with Crippen LogP contribution in [0.5, 0.6) is 0 Å². The van der Waals surface area contributed by atoms with Crippen LogP contribution in [0.2, 0.25) is 0 Å². The molecule has 0 aliphatic heterocycles. The van der Waals surface area contributed by atoms with E-state index >= 15 is 0 Å². The van der Waals surface area contributed by atoms with Crippen molar-refractivity contribution in [2.24, 2.45) is 5.92 Å². The van der Waals surface area contributed by atoms with E-state index in [0.29, 0.717) is 6.04 Å². The van der Waals surface area contributed by atoms with Crippen molar-refractivity contribution >= 4 is 0 Å². The smallest absolute Gasteiger partial charge is 0.0349 e. The van der Waals surface area contributed by atoms with Gasteiger partial charge in [0.15, 0.2) is 0 Å². The number of rotatable bonds is 3. The van der Waals surface area contributed by atoms with Gasteiger partial charge in [-0.25, -0.2) is 0 Å². The minimum Gasteiger partial charge on any atom is -0.313 e. The summed E-state index contributed by atoms with van der Waals surface area (Å²) >= 11 is 0. The summed E-state index contributed by atoms with van der Waals surface area (Å²) in [6.45, 7) is 2.15. The first-order valence-corrected chi connectivity index (χ1v) is 5.90. The lowest BCUT2D eigenvalue weighted by Crippen LogP contribution is -2.24. The third-order valence-corrected chi connectivity index (χ3v) is 3.58. The van der Waals surface area contributed by atoms with Gasteiger partial charge in [0, 0.05) is 18.4 Å². The van der Waals surface area contributed by atoms with Crippen LogP contribution < -0.4 is 5.32 Å². The topological polar surface area (TPSA) is 24.9 Å². The Morgan fingerprint density at radius 2 is 2.13 bits per heavy atom. The van der Waals surface area contributed by atoms with Crippen LogP contribution in [0.25, 0.3) is 0 Å². The van der Waals surface area contributed by atoms with Crippen molar-refractivity contribution in [3.05, 3.63) is 29.6 Å². The Hall–Kier alpha value is -0.890. The minimum absolute atomic E-state index is 0.524. The predicted octanol–water partition coefficient (Wildman–Crippen LogP) is 2.84. The highest BCUT2D eigenvalue weighted by atomic mass is 14.9. The molecule has 2 heteroatoms. The van der Waals surface area contributed by atoms with Crippen molar-refractivity contribution in [2.75, 3.05) is 7.05 Å². The summed E-state index contributed by atoms with van der Waals surface area (Å²) in [5, 5.41) is 3.47. The van der Waals surface area contributed by atoms with E-state index < -0.39 is 0 Å². The van der Waals surface area contributed by atoms with Crippen LogP contribution in [0.3, 0.4) is 0 Å². The Morgan fingerprint density at radius 1 is 1.40 bits per heavy atom. The molecule has 0 spiro atoms. The second kappa shape index (κ2) is 4.75. The van der Waals surface area contributed by atoms with Crippen molar-refractivity contribution < 1.29 is 0 Å². The van der Waals surface area contributed by atoms with Gasteiger partial charge in [0.05, 0.1) is 0 Å². The second-order valence-electron chi connectivity index (χ2n) is 4.54. The first-order chi connectivity index (χ1) is 7.33. The summed E-state index contributed by atoms with van der Waals surface area (Å²) in [7, 11) is 2.07. The fourth-order valence-corrected chi connectivity index (χ4v) is 2.77. The normalized spacial score (nSPS) is 19.3. The summed E-state index contributed by atoms with van der Waals surface area (Å²) in [5.41, 5.74) is 2.74. The molecule has 1 N–H and O–H groups in total. The molecule has 1 fully saturated rings. The second-order valence-corrected chi connectivity index (χ2v) is 4.54. The maximum Gasteiger partial charge on any atom is 0.0349 e. The molecule has 1 unspecified atom stereocenters. The average Bonchev–Trinajstić information content (AvgIpc) is 2.75. The molecule has 1 aromatic heterocycles. The molecule has 1 saturated carbocycles. The Bertz CT molecular complexity index is 316. The van der Waals surface area contributed by atoms with Gasteiger partial charge in [0.1, 0.15) is 0 Å². The predicted molar refractivity (Wildman–Crippen MR) is 62.7 cm³/mol. The number of hydrogen-bond donors (Lipinski definition) is 1. The number of aryl methyl sites for hydroxylation is 1. The molecule has 2 nitrogen and oxygen atoms in total. The molecule has 82 valence electrons. The van der Waals surface area contributed by atoms with E-state index in [2.05, 4.69) is 30.3 Å². The summed E-state index contributed by atoms with van der Waals surface area (Å²) in [4.78, 5) is 4.16. The number of pyridine rings is 1. The zero-order chi connectivity index (χ0) is 10.7. The van der Waals surface area contributed by atoms with Crippen LogP contribution >= 0.6 is 0 Å². The molecule has 1 atom stereocenters. The lowest BCUT2D eigenvalue weighted by atomic mass is 9.90. The highest BCUT2D eigenvalue weighted by molar-refractivity contribution is 5.26. The molecule has 1 aliphatic carbocycles. The van der Waals surface area contributed by atoms with Gasteiger partial charge < -0.3 is 5.32 Å². The maximum absolute atomic E-state index is 4.16. The van der Waals surface area contributed by atoms with E-state index in [9.17, 15) is 0 Å². The molecular formula is C13H20N2. The van der Waals surface area contributed by atoms with Crippen LogP contribution in [0.1, 0.15) is 42.9 Å². The van der Waals surface area contributed by atoms with E-state index in [1.165, 1.54) is 36.8 Å². The fourth-order valence-electron chi connectivity index (χ4n) is 2.77. The molecule has 0 aromatic carbocycles. The van der Waals surface area contributed by atoms with Crippen molar-refractivity contribution in [3.63, 3.8) is 0 Å². The Labute approximate surface area is 92.1 Å². The van der Waals surface area contributed by atoms with Crippen LogP contribution in [-0.4, -0.2) is 12.0 Å². The third-order valence-electron chi connectivity index (χ3n) is 3.58. The van der Waals surface area contributed by atoms with Gasteiger partial charge in [-0.2, -0.15) is 0 Å². The standard InChI is InChI=1S/C13H20N2/c1-10-9-15-8-7-12(10)13(14-2)11-5-3-4-6-11/h7-9,11,13-14H,3-6H2,1-2H3. The monoisotopic (exact) mass is 204 g/mol. The molecule has 0 radical (unpaired) electrons. The van der Waals surface area contributed by atoms with E-state index in [4.69, 9.17) is 0 Å². The zero-order valence-electron chi connectivity index (χ0n) is 9.66. The van der Waals surface area contributed by atoms with E-state index in [1.54, 1.807) is 0 Å². The molecule has 15 heavy (non-hydrogen) atoms. The zero-order valence-corrected chi connectivity index (χ0v) is 9.66. The lowest BCUT2D eigenvalue weighted by Gasteiger charge is -2.24. The third kappa shape index (κ3) is 2.20. The fraction of sp³-hybridized carbons (Fsp3) is 0.615. The Balaban J connectivity index is 2.22. The molecule has 1 aliphatic rings.